The van der Waals surface area contributed by atoms with Gasteiger partial charge in [0.1, 0.15) is 0 Å². The fourth-order valence-corrected chi connectivity index (χ4v) is 1.84. The van der Waals surface area contributed by atoms with Gasteiger partial charge in [0, 0.05) is 5.33 Å². The average molecular weight is 243 g/mol. The molecule has 0 saturated carbocycles. The monoisotopic (exact) mass is 242 g/mol. The van der Waals surface area contributed by atoms with Crippen LogP contribution in [0.3, 0.4) is 0 Å². The third-order valence-electron chi connectivity index (χ3n) is 2.04. The molecule has 0 unspecified atom stereocenters. The van der Waals surface area contributed by atoms with Crippen LogP contribution in [0, 0.1) is 6.92 Å². The summed E-state index contributed by atoms with van der Waals surface area (Å²) in [7, 11) is 0. The van der Waals surface area contributed by atoms with E-state index in [0.29, 0.717) is 0 Å². The van der Waals surface area contributed by atoms with Crippen molar-refractivity contribution in [1.82, 2.24) is 0 Å². The Labute approximate surface area is 85.7 Å². The molecule has 0 heterocycles. The first-order valence-corrected chi connectivity index (χ1v) is 5.12. The van der Waals surface area contributed by atoms with Gasteiger partial charge in [-0.15, -0.1) is 0 Å². The van der Waals surface area contributed by atoms with Gasteiger partial charge in [-0.1, -0.05) is 34.1 Å². The molecule has 70 valence electrons. The molecule has 0 aromatic heterocycles. The highest BCUT2D eigenvalue weighted by atomic mass is 79.9. The van der Waals surface area contributed by atoms with Gasteiger partial charge in [0.2, 0.25) is 0 Å². The van der Waals surface area contributed by atoms with Crippen molar-refractivity contribution in [1.29, 1.82) is 0 Å². The van der Waals surface area contributed by atoms with Gasteiger partial charge in [0.25, 0.3) is 0 Å². The molecule has 0 saturated heterocycles. The highest BCUT2D eigenvalue weighted by molar-refractivity contribution is 9.08. The van der Waals surface area contributed by atoms with E-state index in [2.05, 4.69) is 15.9 Å². The van der Waals surface area contributed by atoms with Crippen molar-refractivity contribution in [3.8, 4) is 0 Å². The Hall–Kier alpha value is -0.830. The molecule has 1 aromatic carbocycles. The van der Waals surface area contributed by atoms with Gasteiger partial charge in [0.15, 0.2) is 0 Å². The summed E-state index contributed by atoms with van der Waals surface area (Å²) in [5.74, 6) is -0.783. The minimum absolute atomic E-state index is 0.104. The van der Waals surface area contributed by atoms with E-state index in [1.165, 1.54) is 0 Å². The maximum atomic E-state index is 10.5. The van der Waals surface area contributed by atoms with Gasteiger partial charge >= 0.3 is 5.97 Å². The minimum atomic E-state index is -0.783. The van der Waals surface area contributed by atoms with Gasteiger partial charge in [-0.3, -0.25) is 4.79 Å². The summed E-state index contributed by atoms with van der Waals surface area (Å²) in [6, 6.07) is 5.74. The number of hydrogen-bond acceptors (Lipinski definition) is 1. The van der Waals surface area contributed by atoms with Crippen LogP contribution in [0.1, 0.15) is 16.7 Å². The number of rotatable bonds is 3. The topological polar surface area (TPSA) is 37.3 Å². The van der Waals surface area contributed by atoms with E-state index in [9.17, 15) is 4.79 Å². The van der Waals surface area contributed by atoms with E-state index in [1.54, 1.807) is 0 Å². The van der Waals surface area contributed by atoms with E-state index < -0.39 is 5.97 Å². The van der Waals surface area contributed by atoms with Gasteiger partial charge in [0.05, 0.1) is 6.42 Å². The largest absolute Gasteiger partial charge is 0.481 e. The summed E-state index contributed by atoms with van der Waals surface area (Å²) in [6.45, 7) is 1.95. The van der Waals surface area contributed by atoms with Crippen LogP contribution in [0.5, 0.6) is 0 Å². The van der Waals surface area contributed by atoms with E-state index in [0.717, 1.165) is 22.0 Å². The predicted octanol–water partition coefficient (Wildman–Crippen LogP) is 2.52. The Balaban J connectivity index is 3.01. The molecule has 0 aliphatic rings. The predicted molar refractivity (Wildman–Crippen MR) is 55.1 cm³/mol. The molecule has 0 fully saturated rings. The molecule has 0 atom stereocenters. The van der Waals surface area contributed by atoms with Gasteiger partial charge in [-0.25, -0.2) is 0 Å². The van der Waals surface area contributed by atoms with Crippen LogP contribution < -0.4 is 0 Å². The van der Waals surface area contributed by atoms with Crippen molar-refractivity contribution in [3.63, 3.8) is 0 Å². The molecule has 13 heavy (non-hydrogen) atoms. The number of carboxylic acid groups (broad SMARTS) is 1. The van der Waals surface area contributed by atoms with Crippen molar-refractivity contribution in [2.24, 2.45) is 0 Å². The van der Waals surface area contributed by atoms with E-state index >= 15 is 0 Å². The first-order chi connectivity index (χ1) is 6.15. The Bertz CT molecular complexity index is 321. The Morgan fingerprint density at radius 2 is 2.08 bits per heavy atom. The van der Waals surface area contributed by atoms with Crippen molar-refractivity contribution < 1.29 is 9.90 Å². The van der Waals surface area contributed by atoms with Crippen molar-refractivity contribution in [2.75, 3.05) is 0 Å². The molecular formula is C10H11BrO2. The summed E-state index contributed by atoms with van der Waals surface area (Å²) >= 11 is 3.36. The molecule has 0 bridgehead atoms. The third-order valence-corrected chi connectivity index (χ3v) is 2.65. The molecule has 0 aliphatic carbocycles. The summed E-state index contributed by atoms with van der Waals surface area (Å²) in [5, 5.41) is 9.41. The zero-order valence-electron chi connectivity index (χ0n) is 7.38. The number of carbonyl (C=O) groups is 1. The molecule has 0 amide bonds. The molecular weight excluding hydrogens is 232 g/mol. The first kappa shape index (κ1) is 10.3. The fourth-order valence-electron chi connectivity index (χ4n) is 1.24. The second-order valence-corrected chi connectivity index (χ2v) is 3.47. The number of carboxylic acids is 1. The van der Waals surface area contributed by atoms with Gasteiger partial charge < -0.3 is 5.11 Å². The highest BCUT2D eigenvalue weighted by Crippen LogP contribution is 2.16. The molecule has 1 rings (SSSR count). The second kappa shape index (κ2) is 4.42. The maximum Gasteiger partial charge on any atom is 0.307 e. The average Bonchev–Trinajstić information content (AvgIpc) is 2.08. The minimum Gasteiger partial charge on any atom is -0.481 e. The summed E-state index contributed by atoms with van der Waals surface area (Å²) < 4.78 is 0. The third kappa shape index (κ3) is 2.56. The van der Waals surface area contributed by atoms with Crippen LogP contribution in [0.4, 0.5) is 0 Å². The highest BCUT2D eigenvalue weighted by Gasteiger charge is 2.05. The number of halogens is 1. The standard InChI is InChI=1S/C10H11BrO2/c1-7-8(5-10(12)13)3-2-4-9(7)6-11/h2-4H,5-6H2,1H3,(H,12,13). The SMILES string of the molecule is Cc1c(CBr)cccc1CC(=O)O. The van der Waals surface area contributed by atoms with Gasteiger partial charge in [-0.05, 0) is 23.6 Å². The number of benzene rings is 1. The summed E-state index contributed by atoms with van der Waals surface area (Å²) in [4.78, 5) is 10.5. The fraction of sp³-hybridized carbons (Fsp3) is 0.300. The van der Waals surface area contributed by atoms with Crippen LogP contribution in [-0.4, -0.2) is 11.1 Å². The van der Waals surface area contributed by atoms with E-state index in [1.807, 2.05) is 25.1 Å². The number of hydrogen-bond donors (Lipinski definition) is 1. The second-order valence-electron chi connectivity index (χ2n) is 2.91. The lowest BCUT2D eigenvalue weighted by Crippen LogP contribution is -2.03. The first-order valence-electron chi connectivity index (χ1n) is 4.00. The lowest BCUT2D eigenvalue weighted by molar-refractivity contribution is -0.136. The molecule has 0 radical (unpaired) electrons. The lowest BCUT2D eigenvalue weighted by Gasteiger charge is -2.06. The van der Waals surface area contributed by atoms with Crippen LogP contribution in [0.15, 0.2) is 18.2 Å². The maximum absolute atomic E-state index is 10.5. The van der Waals surface area contributed by atoms with Crippen LogP contribution >= 0.6 is 15.9 Å². The van der Waals surface area contributed by atoms with Crippen LogP contribution in [0.2, 0.25) is 0 Å². The van der Waals surface area contributed by atoms with Crippen molar-refractivity contribution >= 4 is 21.9 Å². The molecule has 1 N–H and O–H groups in total. The normalized spacial score (nSPS) is 10.0. The molecule has 2 nitrogen and oxygen atoms in total. The molecule has 0 aliphatic heterocycles. The smallest absolute Gasteiger partial charge is 0.307 e. The van der Waals surface area contributed by atoms with Gasteiger partial charge in [-0.2, -0.15) is 0 Å². The van der Waals surface area contributed by atoms with Crippen LogP contribution in [0.25, 0.3) is 0 Å². The quantitative estimate of drug-likeness (QED) is 0.828. The molecule has 0 spiro atoms. The Morgan fingerprint density at radius 3 is 2.62 bits per heavy atom. The Kier molecular flexibility index (Phi) is 3.48. The molecule has 1 aromatic rings. The van der Waals surface area contributed by atoms with E-state index in [4.69, 9.17) is 5.11 Å². The summed E-state index contributed by atoms with van der Waals surface area (Å²) in [5.41, 5.74) is 3.12. The van der Waals surface area contributed by atoms with Crippen LogP contribution in [-0.2, 0) is 16.5 Å². The van der Waals surface area contributed by atoms with E-state index in [-0.39, 0.29) is 6.42 Å². The van der Waals surface area contributed by atoms with Crippen molar-refractivity contribution in [3.05, 3.63) is 34.9 Å². The number of alkyl halides is 1. The zero-order chi connectivity index (χ0) is 9.84. The Morgan fingerprint density at radius 1 is 1.46 bits per heavy atom. The molecule has 3 heteroatoms. The number of aliphatic carboxylic acids is 1. The lowest BCUT2D eigenvalue weighted by atomic mass is 10.0. The summed E-state index contributed by atoms with van der Waals surface area (Å²) in [6.07, 6.45) is 0.104. The zero-order valence-corrected chi connectivity index (χ0v) is 8.97. The van der Waals surface area contributed by atoms with Crippen molar-refractivity contribution in [2.45, 2.75) is 18.7 Å².